The maximum absolute atomic E-state index is 12.5. The van der Waals surface area contributed by atoms with E-state index in [0.29, 0.717) is 42.6 Å². The highest BCUT2D eigenvalue weighted by atomic mass is 32.2. The normalized spacial score (nSPS) is 22.2. The number of carbonyl (C=O) groups is 1. The largest absolute Gasteiger partial charge is 0.455 e. The number of hydrogen-bond donors (Lipinski definition) is 1. The molecule has 0 spiro atoms. The van der Waals surface area contributed by atoms with Crippen molar-refractivity contribution in [3.05, 3.63) is 28.1 Å². The molecule has 2 fully saturated rings. The second-order valence-corrected chi connectivity index (χ2v) is 9.71. The van der Waals surface area contributed by atoms with Crippen molar-refractivity contribution < 1.29 is 18.5 Å². The number of anilines is 2. The van der Waals surface area contributed by atoms with Crippen molar-refractivity contribution >= 4 is 39.9 Å². The highest BCUT2D eigenvalue weighted by Gasteiger charge is 2.35. The van der Waals surface area contributed by atoms with Crippen LogP contribution in [0.2, 0.25) is 0 Å². The van der Waals surface area contributed by atoms with E-state index in [0.717, 1.165) is 36.6 Å². The molecule has 1 atom stereocenters. The number of fused-ring (bicyclic) bond motifs is 1. The molecule has 154 valence electrons. The van der Waals surface area contributed by atoms with Crippen LogP contribution < -0.4 is 10.2 Å². The lowest BCUT2D eigenvalue weighted by Crippen LogP contribution is -2.53. The molecular weight excluding hydrogens is 412 g/mol. The number of thiophene rings is 1. The van der Waals surface area contributed by atoms with Gasteiger partial charge in [-0.3, -0.25) is 4.21 Å². The summed E-state index contributed by atoms with van der Waals surface area (Å²) < 4.78 is 23.4. The zero-order valence-electron chi connectivity index (χ0n) is 15.8. The summed E-state index contributed by atoms with van der Waals surface area (Å²) in [4.78, 5) is 24.2. The summed E-state index contributed by atoms with van der Waals surface area (Å²) in [6.45, 7) is 2.58. The summed E-state index contributed by atoms with van der Waals surface area (Å²) in [5, 5.41) is 7.13. The molecule has 0 bridgehead atoms. The molecule has 3 aliphatic heterocycles. The number of esters is 1. The molecule has 2 aromatic rings. The first-order valence-electron chi connectivity index (χ1n) is 9.79. The van der Waals surface area contributed by atoms with Gasteiger partial charge in [0.05, 0.1) is 35.1 Å². The Kier molecular flexibility index (Phi) is 5.23. The Labute approximate surface area is 175 Å². The second kappa shape index (κ2) is 8.00. The van der Waals surface area contributed by atoms with Crippen molar-refractivity contribution in [3.8, 4) is 0 Å². The Morgan fingerprint density at radius 1 is 1.31 bits per heavy atom. The maximum Gasteiger partial charge on any atom is 0.339 e. The van der Waals surface area contributed by atoms with Crippen LogP contribution in [0.25, 0.3) is 0 Å². The van der Waals surface area contributed by atoms with Gasteiger partial charge < -0.3 is 19.7 Å². The van der Waals surface area contributed by atoms with Gasteiger partial charge in [0.15, 0.2) is 0 Å². The molecule has 8 nitrogen and oxygen atoms in total. The number of aromatic nitrogens is 2. The molecule has 10 heteroatoms. The van der Waals surface area contributed by atoms with E-state index in [1.54, 1.807) is 11.4 Å². The van der Waals surface area contributed by atoms with Crippen LogP contribution in [0.5, 0.6) is 0 Å². The number of ether oxygens (including phenoxy) is 2. The quantitative estimate of drug-likeness (QED) is 0.713. The first-order valence-corrected chi connectivity index (χ1v) is 12.1. The molecule has 0 aliphatic carbocycles. The van der Waals surface area contributed by atoms with Gasteiger partial charge in [-0.2, -0.15) is 16.3 Å². The van der Waals surface area contributed by atoms with Gasteiger partial charge in [-0.15, -0.1) is 0 Å². The third-order valence-electron chi connectivity index (χ3n) is 5.40. The van der Waals surface area contributed by atoms with E-state index < -0.39 is 10.8 Å². The third kappa shape index (κ3) is 3.88. The number of rotatable bonds is 5. The van der Waals surface area contributed by atoms with E-state index in [4.69, 9.17) is 14.5 Å². The predicted molar refractivity (Wildman–Crippen MR) is 110 cm³/mol. The van der Waals surface area contributed by atoms with Crippen molar-refractivity contribution in [1.29, 1.82) is 0 Å². The van der Waals surface area contributed by atoms with Crippen molar-refractivity contribution in [2.75, 3.05) is 42.3 Å². The Morgan fingerprint density at radius 2 is 2.14 bits per heavy atom. The lowest BCUT2D eigenvalue weighted by molar-refractivity contribution is 0.0232. The predicted octanol–water partition coefficient (Wildman–Crippen LogP) is 1.84. The van der Waals surface area contributed by atoms with Crippen LogP contribution >= 0.6 is 11.3 Å². The Balaban J connectivity index is 1.29. The third-order valence-corrected chi connectivity index (χ3v) is 7.54. The van der Waals surface area contributed by atoms with E-state index in [1.165, 1.54) is 11.3 Å². The fourth-order valence-corrected chi connectivity index (χ4v) is 5.67. The standard InChI is InChI=1S/C19H22N4O4S2/c24-18(12-3-7-28-11-12)27-14-9-23(10-14)19-21-15-4-8-29(25)16(15)17(22-19)20-13-1-5-26-6-2-13/h3,7,11,13-14H,1-2,4-6,8-10H2,(H,20,21,22)/t29-/m1/s1. The van der Waals surface area contributed by atoms with Crippen molar-refractivity contribution in [2.24, 2.45) is 0 Å². The molecule has 0 amide bonds. The van der Waals surface area contributed by atoms with Crippen LogP contribution in [0.15, 0.2) is 21.7 Å². The minimum absolute atomic E-state index is 0.166. The van der Waals surface area contributed by atoms with Gasteiger partial charge in [-0.05, 0) is 24.3 Å². The molecule has 2 saturated heterocycles. The summed E-state index contributed by atoms with van der Waals surface area (Å²) >= 11 is 1.47. The number of carbonyl (C=O) groups excluding carboxylic acids is 1. The zero-order valence-corrected chi connectivity index (χ0v) is 17.5. The van der Waals surface area contributed by atoms with E-state index in [9.17, 15) is 9.00 Å². The average molecular weight is 435 g/mol. The smallest absolute Gasteiger partial charge is 0.339 e. The van der Waals surface area contributed by atoms with Crippen molar-refractivity contribution in [1.82, 2.24) is 9.97 Å². The molecule has 2 aromatic heterocycles. The van der Waals surface area contributed by atoms with Crippen LogP contribution in [0.3, 0.4) is 0 Å². The maximum atomic E-state index is 12.5. The van der Waals surface area contributed by atoms with Crippen molar-refractivity contribution in [2.45, 2.75) is 36.3 Å². The Hall–Kier alpha value is -2.04. The molecule has 1 N–H and O–H groups in total. The van der Waals surface area contributed by atoms with Gasteiger partial charge in [-0.1, -0.05) is 0 Å². The molecular formula is C19H22N4O4S2. The van der Waals surface area contributed by atoms with Crippen LogP contribution in [0.1, 0.15) is 28.9 Å². The number of nitrogens with one attached hydrogen (secondary N) is 1. The molecule has 0 unspecified atom stereocenters. The monoisotopic (exact) mass is 434 g/mol. The minimum Gasteiger partial charge on any atom is -0.455 e. The summed E-state index contributed by atoms with van der Waals surface area (Å²) in [5.41, 5.74) is 1.45. The lowest BCUT2D eigenvalue weighted by Gasteiger charge is -2.38. The van der Waals surface area contributed by atoms with Crippen molar-refractivity contribution in [3.63, 3.8) is 0 Å². The molecule has 0 radical (unpaired) electrons. The molecule has 29 heavy (non-hydrogen) atoms. The minimum atomic E-state index is -1.06. The van der Waals surface area contributed by atoms with Crippen LogP contribution in [-0.4, -0.2) is 64.3 Å². The highest BCUT2D eigenvalue weighted by Crippen LogP contribution is 2.32. The SMILES string of the molecule is O=C(OC1CN(c2nc3c(c(NC4CCOCC4)n2)[S@](=O)CC3)C1)c1ccsc1. The Bertz CT molecular complexity index is 925. The number of hydrogen-bond acceptors (Lipinski definition) is 9. The topological polar surface area (TPSA) is 93.7 Å². The molecule has 0 saturated carbocycles. The van der Waals surface area contributed by atoms with E-state index in [-0.39, 0.29) is 18.1 Å². The first-order chi connectivity index (χ1) is 14.2. The molecule has 3 aliphatic rings. The number of aryl methyl sites for hydroxylation is 1. The summed E-state index contributed by atoms with van der Waals surface area (Å²) in [6.07, 6.45) is 2.35. The van der Waals surface area contributed by atoms with Gasteiger partial charge in [0, 0.05) is 36.8 Å². The fourth-order valence-electron chi connectivity index (χ4n) is 3.73. The van der Waals surface area contributed by atoms with Gasteiger partial charge >= 0.3 is 5.97 Å². The average Bonchev–Trinajstić information content (AvgIpc) is 3.35. The summed E-state index contributed by atoms with van der Waals surface area (Å²) in [7, 11) is -1.06. The number of nitrogens with zero attached hydrogens (tertiary/aromatic N) is 3. The lowest BCUT2D eigenvalue weighted by atomic mass is 10.1. The second-order valence-electron chi connectivity index (χ2n) is 7.42. The van der Waals surface area contributed by atoms with E-state index in [2.05, 4.69) is 10.3 Å². The van der Waals surface area contributed by atoms with E-state index in [1.807, 2.05) is 10.3 Å². The molecule has 5 rings (SSSR count). The van der Waals surface area contributed by atoms with Gasteiger partial charge in [0.2, 0.25) is 5.95 Å². The van der Waals surface area contributed by atoms with E-state index >= 15 is 0 Å². The first kappa shape index (κ1) is 19.0. The fraction of sp³-hybridized carbons (Fsp3) is 0.526. The van der Waals surface area contributed by atoms with Crippen LogP contribution in [-0.2, 0) is 26.7 Å². The summed E-state index contributed by atoms with van der Waals surface area (Å²) in [5.74, 6) is 1.60. The van der Waals surface area contributed by atoms with Gasteiger partial charge in [-0.25, -0.2) is 9.78 Å². The Morgan fingerprint density at radius 3 is 2.90 bits per heavy atom. The molecule has 5 heterocycles. The van der Waals surface area contributed by atoms with Gasteiger partial charge in [0.1, 0.15) is 16.8 Å². The summed E-state index contributed by atoms with van der Waals surface area (Å²) in [6, 6.07) is 2.03. The van der Waals surface area contributed by atoms with Crippen LogP contribution in [0, 0.1) is 0 Å². The zero-order chi connectivity index (χ0) is 19.8. The van der Waals surface area contributed by atoms with Gasteiger partial charge in [0.25, 0.3) is 0 Å². The highest BCUT2D eigenvalue weighted by molar-refractivity contribution is 7.85. The van der Waals surface area contributed by atoms with Crippen LogP contribution in [0.4, 0.5) is 11.8 Å². The molecule has 0 aromatic carbocycles.